The largest absolute Gasteiger partial charge is 0.0528 e. The summed E-state index contributed by atoms with van der Waals surface area (Å²) in [5.41, 5.74) is 0.723. The Bertz CT molecular complexity index is 192. The fraction of sp³-hybridized carbons (Fsp3) is 0.917. The molecule has 1 radical (unpaired) electrons. The van der Waals surface area contributed by atoms with Crippen LogP contribution in [0, 0.1) is 30.1 Å². The van der Waals surface area contributed by atoms with Gasteiger partial charge in [-0.15, -0.1) is 0 Å². The molecule has 0 heterocycles. The molecule has 0 aromatic rings. The Hall–Kier alpha value is 0. The van der Waals surface area contributed by atoms with Crippen LogP contribution in [0.5, 0.6) is 0 Å². The minimum Gasteiger partial charge on any atom is -0.0528 e. The van der Waals surface area contributed by atoms with Crippen molar-refractivity contribution < 1.29 is 0 Å². The third-order valence-electron chi connectivity index (χ3n) is 4.93. The monoisotopic (exact) mass is 163 g/mol. The Balaban J connectivity index is 1.93. The molecule has 3 aliphatic carbocycles. The van der Waals surface area contributed by atoms with E-state index < -0.39 is 0 Å². The highest BCUT2D eigenvalue weighted by Gasteiger charge is 2.50. The lowest BCUT2D eigenvalue weighted by atomic mass is 9.61. The van der Waals surface area contributed by atoms with E-state index in [1.807, 2.05) is 0 Å². The normalized spacial score (nSPS) is 56.2. The van der Waals surface area contributed by atoms with Crippen LogP contribution in [0.15, 0.2) is 0 Å². The molecule has 0 aromatic carbocycles. The summed E-state index contributed by atoms with van der Waals surface area (Å²) < 4.78 is 0. The van der Waals surface area contributed by atoms with Gasteiger partial charge in [-0.2, -0.15) is 0 Å². The van der Waals surface area contributed by atoms with E-state index in [1.165, 1.54) is 32.1 Å². The fourth-order valence-electron chi connectivity index (χ4n) is 4.38. The van der Waals surface area contributed by atoms with Crippen molar-refractivity contribution in [3.8, 4) is 0 Å². The molecule has 3 bridgehead atoms. The first-order valence-corrected chi connectivity index (χ1v) is 5.61. The Morgan fingerprint density at radius 1 is 1.17 bits per heavy atom. The second-order valence-electron chi connectivity index (χ2n) is 5.55. The smallest absolute Gasteiger partial charge is 0.0292 e. The van der Waals surface area contributed by atoms with Gasteiger partial charge in [0, 0.05) is 0 Å². The van der Waals surface area contributed by atoms with Crippen LogP contribution < -0.4 is 0 Å². The van der Waals surface area contributed by atoms with E-state index in [0.717, 1.165) is 23.2 Å². The molecule has 67 valence electrons. The van der Waals surface area contributed by atoms with Gasteiger partial charge in [0.05, 0.1) is 0 Å². The van der Waals surface area contributed by atoms with Gasteiger partial charge in [0.25, 0.3) is 0 Å². The molecule has 0 aliphatic heterocycles. The van der Waals surface area contributed by atoms with E-state index in [4.69, 9.17) is 0 Å². The van der Waals surface area contributed by atoms with Gasteiger partial charge in [-0.25, -0.2) is 0 Å². The number of hydrogen-bond donors (Lipinski definition) is 0. The summed E-state index contributed by atoms with van der Waals surface area (Å²) in [6, 6.07) is 0. The molecule has 12 heavy (non-hydrogen) atoms. The average Bonchev–Trinajstić information content (AvgIpc) is 2.29. The van der Waals surface area contributed by atoms with Crippen LogP contribution in [0.1, 0.15) is 44.9 Å². The average molecular weight is 163 g/mol. The molecule has 4 atom stereocenters. The van der Waals surface area contributed by atoms with Crippen molar-refractivity contribution in [1.82, 2.24) is 0 Å². The molecular weight excluding hydrogens is 144 g/mol. The lowest BCUT2D eigenvalue weighted by Crippen LogP contribution is -2.33. The van der Waals surface area contributed by atoms with Crippen LogP contribution in [-0.2, 0) is 0 Å². The predicted molar refractivity (Wildman–Crippen MR) is 50.6 cm³/mol. The first-order chi connectivity index (χ1) is 5.81. The first-order valence-electron chi connectivity index (χ1n) is 5.61. The summed E-state index contributed by atoms with van der Waals surface area (Å²) in [7, 11) is 0. The predicted octanol–water partition coefficient (Wildman–Crippen LogP) is 3.43. The van der Waals surface area contributed by atoms with Gasteiger partial charge < -0.3 is 0 Å². The van der Waals surface area contributed by atoms with Gasteiger partial charge >= 0.3 is 0 Å². The maximum atomic E-state index is 4.17. The highest BCUT2D eigenvalue weighted by molar-refractivity contribution is 5.02. The maximum absolute atomic E-state index is 4.17. The second kappa shape index (κ2) is 2.27. The van der Waals surface area contributed by atoms with Crippen molar-refractivity contribution in [2.45, 2.75) is 44.9 Å². The Labute approximate surface area is 75.7 Å². The zero-order chi connectivity index (χ0) is 8.18. The van der Waals surface area contributed by atoms with Crippen LogP contribution in [-0.4, -0.2) is 0 Å². The summed E-state index contributed by atoms with van der Waals surface area (Å²) in [6.45, 7) is 4.17. The van der Waals surface area contributed by atoms with Crippen LogP contribution in [0.25, 0.3) is 0 Å². The van der Waals surface area contributed by atoms with E-state index >= 15 is 0 Å². The Morgan fingerprint density at radius 2 is 2.00 bits per heavy atom. The molecule has 0 spiro atoms. The molecule has 3 aliphatic rings. The van der Waals surface area contributed by atoms with Gasteiger partial charge in [-0.1, -0.05) is 6.92 Å². The molecule has 0 aromatic heterocycles. The number of hydrogen-bond acceptors (Lipinski definition) is 0. The molecule has 3 fully saturated rings. The van der Waals surface area contributed by atoms with Gasteiger partial charge in [-0.3, -0.25) is 0 Å². The maximum Gasteiger partial charge on any atom is -0.0292 e. The number of rotatable bonds is 1. The van der Waals surface area contributed by atoms with E-state index in [0.29, 0.717) is 0 Å². The molecule has 0 heteroatoms. The highest BCUT2D eigenvalue weighted by atomic mass is 14.6. The standard InChI is InChI=1S/C12H19/c1-2-12-4-3-10-5-9(7-12)6-11(10)8-12/h9-11H,1-8H2/t9?,10?,11-,12-/m1/s1. The summed E-state index contributed by atoms with van der Waals surface area (Å²) in [6.07, 6.45) is 10.5. The second-order valence-corrected chi connectivity index (χ2v) is 5.55. The topological polar surface area (TPSA) is 0 Å². The highest BCUT2D eigenvalue weighted by Crippen LogP contribution is 2.61. The lowest BCUT2D eigenvalue weighted by Gasteiger charge is -2.44. The van der Waals surface area contributed by atoms with Crippen molar-refractivity contribution >= 4 is 0 Å². The van der Waals surface area contributed by atoms with Crippen molar-refractivity contribution in [3.05, 3.63) is 6.92 Å². The van der Waals surface area contributed by atoms with E-state index in [-0.39, 0.29) is 0 Å². The summed E-state index contributed by atoms with van der Waals surface area (Å²) in [5, 5.41) is 0. The minimum atomic E-state index is 0.723. The van der Waals surface area contributed by atoms with Gasteiger partial charge in [0.15, 0.2) is 0 Å². The molecule has 3 rings (SSSR count). The Kier molecular flexibility index (Phi) is 1.40. The van der Waals surface area contributed by atoms with Gasteiger partial charge in [-0.05, 0) is 68.1 Å². The van der Waals surface area contributed by atoms with Crippen molar-refractivity contribution in [1.29, 1.82) is 0 Å². The number of fused-ring (bicyclic) bond motifs is 2. The molecule has 0 N–H and O–H groups in total. The Morgan fingerprint density at radius 3 is 2.83 bits per heavy atom. The van der Waals surface area contributed by atoms with Crippen LogP contribution in [0.3, 0.4) is 0 Å². The zero-order valence-corrected chi connectivity index (χ0v) is 7.89. The molecule has 0 nitrogen and oxygen atoms in total. The summed E-state index contributed by atoms with van der Waals surface area (Å²) in [5.74, 6) is 3.37. The van der Waals surface area contributed by atoms with Gasteiger partial charge in [0.2, 0.25) is 0 Å². The van der Waals surface area contributed by atoms with Crippen molar-refractivity contribution in [3.63, 3.8) is 0 Å². The molecule has 2 unspecified atom stereocenters. The fourth-order valence-corrected chi connectivity index (χ4v) is 4.38. The van der Waals surface area contributed by atoms with Crippen molar-refractivity contribution in [2.75, 3.05) is 0 Å². The van der Waals surface area contributed by atoms with Crippen LogP contribution in [0.2, 0.25) is 0 Å². The lowest BCUT2D eigenvalue weighted by molar-refractivity contribution is 0.0714. The van der Waals surface area contributed by atoms with E-state index in [2.05, 4.69) is 6.92 Å². The zero-order valence-electron chi connectivity index (χ0n) is 7.89. The van der Waals surface area contributed by atoms with Crippen molar-refractivity contribution in [2.24, 2.45) is 23.2 Å². The minimum absolute atomic E-state index is 0.723. The van der Waals surface area contributed by atoms with E-state index in [9.17, 15) is 0 Å². The van der Waals surface area contributed by atoms with Gasteiger partial charge in [0.1, 0.15) is 0 Å². The molecule has 3 saturated carbocycles. The third-order valence-corrected chi connectivity index (χ3v) is 4.93. The molecule has 0 saturated heterocycles. The SMILES string of the molecule is [CH2]C[C@]12CCC3CC(C[C@@H]3C1)C2. The summed E-state index contributed by atoms with van der Waals surface area (Å²) in [4.78, 5) is 0. The molecule has 0 amide bonds. The summed E-state index contributed by atoms with van der Waals surface area (Å²) >= 11 is 0. The van der Waals surface area contributed by atoms with Crippen LogP contribution in [0.4, 0.5) is 0 Å². The van der Waals surface area contributed by atoms with E-state index in [1.54, 1.807) is 12.8 Å². The third kappa shape index (κ3) is 0.843. The quantitative estimate of drug-likeness (QED) is 0.555. The molecular formula is C12H19. The first kappa shape index (κ1) is 7.41. The van der Waals surface area contributed by atoms with Crippen LogP contribution >= 0.6 is 0 Å².